The van der Waals surface area contributed by atoms with Gasteiger partial charge < -0.3 is 8.85 Å². The predicted octanol–water partition coefficient (Wildman–Crippen LogP) is 8.85. The molecule has 0 bridgehead atoms. The lowest BCUT2D eigenvalue weighted by Crippen LogP contribution is -2.48. The van der Waals surface area contributed by atoms with Gasteiger partial charge in [0.05, 0.1) is 18.0 Å². The van der Waals surface area contributed by atoms with Crippen molar-refractivity contribution < 1.29 is 21.5 Å². The molecule has 0 aromatic heterocycles. The van der Waals surface area contributed by atoms with E-state index in [0.29, 0.717) is 0 Å². The maximum Gasteiger partial charge on any atom is 0.264 e. The van der Waals surface area contributed by atoms with Crippen molar-refractivity contribution >= 4 is 26.8 Å². The van der Waals surface area contributed by atoms with Crippen LogP contribution in [-0.2, 0) is 23.2 Å². The average molecular weight is 601 g/mol. The minimum Gasteiger partial charge on any atom is -0.413 e. The summed E-state index contributed by atoms with van der Waals surface area (Å²) in [5.74, 6) is 0.586. The molecule has 0 aromatic carbocycles. The summed E-state index contributed by atoms with van der Waals surface area (Å²) in [5, 5.41) is 0.255. The average Bonchev–Trinajstić information content (AvgIpc) is 3.18. The molecule has 2 saturated carbocycles. The first-order chi connectivity index (χ1) is 17.4. The van der Waals surface area contributed by atoms with E-state index in [1.807, 2.05) is 0 Å². The first kappa shape index (κ1) is 34.9. The molecule has 2 aliphatic carbocycles. The van der Waals surface area contributed by atoms with Gasteiger partial charge in [0, 0.05) is 5.92 Å². The quantitative estimate of drug-likeness (QED) is 0.127. The first-order valence-electron chi connectivity index (χ1n) is 15.0. The lowest BCUT2D eigenvalue weighted by molar-refractivity contribution is 0.0631. The molecule has 0 saturated heterocycles. The number of hydrogen-bond acceptors (Lipinski definition) is 5. The van der Waals surface area contributed by atoms with Crippen LogP contribution in [0, 0.1) is 17.8 Å². The van der Waals surface area contributed by atoms with Crippen molar-refractivity contribution in [2.75, 3.05) is 6.26 Å². The Morgan fingerprint density at radius 3 is 2.03 bits per heavy atom. The number of hydrogen-bond donors (Lipinski definition) is 0. The van der Waals surface area contributed by atoms with Crippen molar-refractivity contribution in [1.82, 2.24) is 0 Å². The van der Waals surface area contributed by atoms with Crippen molar-refractivity contribution in [2.45, 2.75) is 148 Å². The highest BCUT2D eigenvalue weighted by molar-refractivity contribution is 7.86. The van der Waals surface area contributed by atoms with Crippen LogP contribution in [0.3, 0.4) is 0 Å². The minimum atomic E-state index is -3.57. The fraction of sp³-hybridized carbons (Fsp3) is 0.871. The minimum absolute atomic E-state index is 0.0547. The second-order valence-electron chi connectivity index (χ2n) is 15.7. The van der Waals surface area contributed by atoms with Crippen molar-refractivity contribution in [3.05, 3.63) is 24.3 Å². The fourth-order valence-electron chi connectivity index (χ4n) is 5.78. The molecule has 2 rings (SSSR count). The Morgan fingerprint density at radius 1 is 0.974 bits per heavy atom. The van der Waals surface area contributed by atoms with E-state index < -0.39 is 32.9 Å². The zero-order valence-corrected chi connectivity index (χ0v) is 30.3. The smallest absolute Gasteiger partial charge is 0.264 e. The second kappa shape index (κ2) is 12.2. The normalized spacial score (nSPS) is 28.7. The van der Waals surface area contributed by atoms with E-state index in [-0.39, 0.29) is 39.5 Å². The van der Waals surface area contributed by atoms with Crippen LogP contribution >= 0.6 is 0 Å². The molecule has 2 fully saturated rings. The largest absolute Gasteiger partial charge is 0.413 e. The van der Waals surface area contributed by atoms with Crippen LogP contribution in [0.1, 0.15) is 93.9 Å². The predicted molar refractivity (Wildman–Crippen MR) is 171 cm³/mol. The van der Waals surface area contributed by atoms with Crippen molar-refractivity contribution in [3.8, 4) is 0 Å². The Hall–Kier alpha value is -0.256. The molecule has 228 valence electrons. The molecule has 0 aliphatic heterocycles. The standard InChI is InChI=1S/C31H60O5SSi2/c1-15-16-19-31(9,36-39(13,14)30(6,7)8)20-17-18-24-25-21-23(2)28(34-37(10,32)33)26(25)22-27(24)35-38(11,12)29(3,4)5/h17-18,24-28H,2,15-16,19-22H2,1,3-14H3/b18-17+/t24-,25+,26-,27+,28?,31?/m0/s1. The van der Waals surface area contributed by atoms with Crippen LogP contribution in [0.15, 0.2) is 24.3 Å². The second-order valence-corrected chi connectivity index (χ2v) is 26.8. The molecular weight excluding hydrogens is 541 g/mol. The fourth-order valence-corrected chi connectivity index (χ4v) is 9.53. The first-order valence-corrected chi connectivity index (χ1v) is 22.7. The monoisotopic (exact) mass is 600 g/mol. The van der Waals surface area contributed by atoms with Crippen LogP contribution in [0.25, 0.3) is 0 Å². The van der Waals surface area contributed by atoms with Crippen molar-refractivity contribution in [2.24, 2.45) is 17.8 Å². The SMILES string of the molecule is C=C1C[C@@H]2[C@H](/C=C/CC(C)(CCCC)O[Si](C)(C)C(C)(C)C)[C@H](O[Si](C)(C)C(C)(C)C)C[C@@H]2C1OS(C)(=O)=O. The molecule has 6 atom stereocenters. The number of rotatable bonds is 12. The lowest BCUT2D eigenvalue weighted by Gasteiger charge is -2.44. The molecule has 0 N–H and O–H groups in total. The molecule has 0 heterocycles. The van der Waals surface area contributed by atoms with Gasteiger partial charge in [-0.25, -0.2) is 0 Å². The molecular formula is C31H60O5SSi2. The van der Waals surface area contributed by atoms with E-state index in [2.05, 4.69) is 100 Å². The summed E-state index contributed by atoms with van der Waals surface area (Å²) in [6.45, 7) is 31.8. The molecule has 8 heteroatoms. The molecule has 0 aromatic rings. The summed E-state index contributed by atoms with van der Waals surface area (Å²) in [4.78, 5) is 0. The zero-order chi connectivity index (χ0) is 30.2. The third-order valence-corrected chi connectivity index (χ3v) is 19.7. The summed E-state index contributed by atoms with van der Waals surface area (Å²) in [7, 11) is -7.54. The van der Waals surface area contributed by atoms with Gasteiger partial charge in [0.25, 0.3) is 10.1 Å². The highest BCUT2D eigenvalue weighted by Crippen LogP contribution is 2.54. The van der Waals surface area contributed by atoms with Gasteiger partial charge in [-0.1, -0.05) is 80.0 Å². The van der Waals surface area contributed by atoms with Gasteiger partial charge in [-0.3, -0.25) is 4.18 Å². The van der Waals surface area contributed by atoms with Crippen LogP contribution in [0.5, 0.6) is 0 Å². The third kappa shape index (κ3) is 8.87. The molecule has 0 spiro atoms. The van der Waals surface area contributed by atoms with Crippen molar-refractivity contribution in [3.63, 3.8) is 0 Å². The summed E-state index contributed by atoms with van der Waals surface area (Å²) in [5.41, 5.74) is 0.693. The van der Waals surface area contributed by atoms with Crippen LogP contribution < -0.4 is 0 Å². The van der Waals surface area contributed by atoms with Crippen molar-refractivity contribution in [1.29, 1.82) is 0 Å². The van der Waals surface area contributed by atoms with E-state index in [4.69, 9.17) is 13.0 Å². The Balaban J connectivity index is 2.37. The van der Waals surface area contributed by atoms with E-state index in [1.54, 1.807) is 0 Å². The lowest BCUT2D eigenvalue weighted by atomic mass is 9.89. The maximum absolute atomic E-state index is 12.1. The molecule has 0 amide bonds. The molecule has 5 nitrogen and oxygen atoms in total. The molecule has 39 heavy (non-hydrogen) atoms. The Bertz CT molecular complexity index is 989. The molecule has 2 unspecified atom stereocenters. The van der Waals surface area contributed by atoms with Gasteiger partial charge in [0.15, 0.2) is 16.6 Å². The van der Waals surface area contributed by atoms with Crippen LogP contribution in [0.4, 0.5) is 0 Å². The van der Waals surface area contributed by atoms with E-state index in [9.17, 15) is 8.42 Å². The third-order valence-electron chi connectivity index (χ3n) is 10.1. The van der Waals surface area contributed by atoms with E-state index in [1.165, 1.54) is 0 Å². The summed E-state index contributed by atoms with van der Waals surface area (Å²) >= 11 is 0. The van der Waals surface area contributed by atoms with Crippen LogP contribution in [-0.4, -0.2) is 49.1 Å². The maximum atomic E-state index is 12.1. The van der Waals surface area contributed by atoms with Crippen LogP contribution in [0.2, 0.25) is 36.3 Å². The van der Waals surface area contributed by atoms with Gasteiger partial charge in [0.2, 0.25) is 0 Å². The van der Waals surface area contributed by atoms with Gasteiger partial charge in [-0.2, -0.15) is 8.42 Å². The number of fused-ring (bicyclic) bond motifs is 1. The Labute approximate surface area is 243 Å². The molecule has 0 radical (unpaired) electrons. The summed E-state index contributed by atoms with van der Waals surface area (Å²) in [6, 6.07) is 0. The zero-order valence-electron chi connectivity index (χ0n) is 27.4. The highest BCUT2D eigenvalue weighted by atomic mass is 32.2. The van der Waals surface area contributed by atoms with Gasteiger partial charge in [-0.05, 0) is 86.3 Å². The van der Waals surface area contributed by atoms with Gasteiger partial charge >= 0.3 is 0 Å². The summed E-state index contributed by atoms with van der Waals surface area (Å²) in [6.07, 6.45) is 11.3. The van der Waals surface area contributed by atoms with Gasteiger partial charge in [-0.15, -0.1) is 0 Å². The Kier molecular flexibility index (Phi) is 10.9. The Morgan fingerprint density at radius 2 is 1.54 bits per heavy atom. The van der Waals surface area contributed by atoms with E-state index in [0.717, 1.165) is 50.4 Å². The summed E-state index contributed by atoms with van der Waals surface area (Å²) < 4.78 is 43.8. The topological polar surface area (TPSA) is 61.8 Å². The van der Waals surface area contributed by atoms with E-state index >= 15 is 0 Å². The number of unbranched alkanes of at least 4 members (excludes halogenated alkanes) is 1. The van der Waals surface area contributed by atoms with Gasteiger partial charge in [0.1, 0.15) is 6.10 Å². The highest BCUT2D eigenvalue weighted by Gasteiger charge is 2.54. The molecule has 2 aliphatic rings.